The zero-order chi connectivity index (χ0) is 23.6. The minimum Gasteiger partial charge on any atom is -0.466 e. The maximum Gasteiger partial charge on any atom is 0.416 e. The highest BCUT2D eigenvalue weighted by Crippen LogP contribution is 2.32. The normalized spacial score (nSPS) is 16.7. The van der Waals surface area contributed by atoms with Gasteiger partial charge in [0.05, 0.1) is 18.2 Å². The molecule has 1 atom stereocenters. The van der Waals surface area contributed by atoms with Crippen LogP contribution in [0.2, 0.25) is 0 Å². The Bertz CT molecular complexity index is 820. The van der Waals surface area contributed by atoms with Crippen LogP contribution in [0, 0.1) is 0 Å². The molecule has 1 aromatic carbocycles. The predicted molar refractivity (Wildman–Crippen MR) is 114 cm³/mol. The van der Waals surface area contributed by atoms with Crippen LogP contribution in [0.5, 0.6) is 0 Å². The van der Waals surface area contributed by atoms with E-state index in [9.17, 15) is 27.6 Å². The number of hydrogen-bond acceptors (Lipinski definition) is 4. The summed E-state index contributed by atoms with van der Waals surface area (Å²) in [6.45, 7) is 2.70. The summed E-state index contributed by atoms with van der Waals surface area (Å²) in [5, 5.41) is 0. The second-order valence-electron chi connectivity index (χ2n) is 7.82. The van der Waals surface area contributed by atoms with Gasteiger partial charge in [0.15, 0.2) is 5.78 Å². The lowest BCUT2D eigenvalue weighted by atomic mass is 10.0. The van der Waals surface area contributed by atoms with Gasteiger partial charge in [-0.1, -0.05) is 37.1 Å². The van der Waals surface area contributed by atoms with Crippen LogP contribution in [-0.2, 0) is 31.7 Å². The molecule has 176 valence electrons. The minimum absolute atomic E-state index is 0.0149. The molecule has 32 heavy (non-hydrogen) atoms. The third-order valence-corrected chi connectivity index (χ3v) is 5.40. The van der Waals surface area contributed by atoms with E-state index < -0.39 is 17.5 Å². The maximum atomic E-state index is 13.1. The lowest BCUT2D eigenvalue weighted by Crippen LogP contribution is -2.32. The number of esters is 1. The Balaban J connectivity index is 1.82. The number of hydrogen-bond donors (Lipinski definition) is 0. The number of likely N-dealkylation sites (tertiary alicyclic amines) is 1. The molecular weight excluding hydrogens is 423 g/mol. The van der Waals surface area contributed by atoms with Gasteiger partial charge in [-0.15, -0.1) is 0 Å². The van der Waals surface area contributed by atoms with Crippen LogP contribution < -0.4 is 0 Å². The third-order valence-electron chi connectivity index (χ3n) is 5.40. The van der Waals surface area contributed by atoms with Crippen LogP contribution in [0.25, 0.3) is 0 Å². The monoisotopic (exact) mass is 453 g/mol. The molecule has 0 unspecified atom stereocenters. The molecule has 0 radical (unpaired) electrons. The number of rotatable bonds is 12. The molecule has 0 bridgehead atoms. The number of allylic oxidation sites excluding steroid dienone is 1. The van der Waals surface area contributed by atoms with Gasteiger partial charge in [0.1, 0.15) is 0 Å². The number of ketones is 1. The zero-order valence-electron chi connectivity index (χ0n) is 18.3. The number of unbranched alkanes of at least 4 members (excludes halogenated alkanes) is 3. The van der Waals surface area contributed by atoms with Gasteiger partial charge >= 0.3 is 12.1 Å². The molecule has 1 aromatic rings. The van der Waals surface area contributed by atoms with E-state index >= 15 is 0 Å². The first-order valence-corrected chi connectivity index (χ1v) is 11.0. The van der Waals surface area contributed by atoms with Gasteiger partial charge < -0.3 is 9.64 Å². The largest absolute Gasteiger partial charge is 0.466 e. The quantitative estimate of drug-likeness (QED) is 0.257. The molecular formula is C24H30F3NO4. The van der Waals surface area contributed by atoms with Crippen molar-refractivity contribution in [3.63, 3.8) is 0 Å². The molecule has 0 saturated carbocycles. The lowest BCUT2D eigenvalue weighted by Gasteiger charge is -2.22. The van der Waals surface area contributed by atoms with E-state index in [2.05, 4.69) is 0 Å². The van der Waals surface area contributed by atoms with Crippen molar-refractivity contribution in [1.82, 2.24) is 4.90 Å². The molecule has 1 amide bonds. The van der Waals surface area contributed by atoms with E-state index in [1.807, 2.05) is 0 Å². The van der Waals surface area contributed by atoms with E-state index in [0.29, 0.717) is 32.4 Å². The Labute approximate surface area is 186 Å². The number of nitrogens with zero attached hydrogens (tertiary/aromatic N) is 1. The molecule has 1 aliphatic rings. The lowest BCUT2D eigenvalue weighted by molar-refractivity contribution is -0.143. The Kier molecular flexibility index (Phi) is 9.94. The molecule has 0 spiro atoms. The zero-order valence-corrected chi connectivity index (χ0v) is 18.3. The number of alkyl halides is 3. The smallest absolute Gasteiger partial charge is 0.416 e. The van der Waals surface area contributed by atoms with Crippen LogP contribution in [0.15, 0.2) is 36.4 Å². The highest BCUT2D eigenvalue weighted by atomic mass is 19.4. The van der Waals surface area contributed by atoms with Crippen molar-refractivity contribution in [3.8, 4) is 0 Å². The predicted octanol–water partition coefficient (Wildman–Crippen LogP) is 4.88. The van der Waals surface area contributed by atoms with E-state index in [-0.39, 0.29) is 29.9 Å². The molecule has 0 aliphatic carbocycles. The standard InChI is InChI=1S/C24H30F3NO4/c1-2-32-23(31)11-5-3-4-8-16-28-19(13-15-22(28)30)12-14-20(29)17-18-9-6-7-10-21(18)24(25,26)27/h6-7,9-10,12,14,19H,2-5,8,11,13,15-17H2,1H3/b14-12+/t19-/m1/s1. The second-order valence-corrected chi connectivity index (χ2v) is 7.82. The first kappa shape index (κ1) is 25.6. The number of halogens is 3. The van der Waals surface area contributed by atoms with Gasteiger partial charge in [0.25, 0.3) is 0 Å². The average molecular weight is 454 g/mol. The topological polar surface area (TPSA) is 63.7 Å². The molecule has 1 heterocycles. The fourth-order valence-corrected chi connectivity index (χ4v) is 3.80. The second kappa shape index (κ2) is 12.4. The van der Waals surface area contributed by atoms with Crippen molar-refractivity contribution in [2.24, 2.45) is 0 Å². The van der Waals surface area contributed by atoms with E-state index in [4.69, 9.17) is 4.74 Å². The summed E-state index contributed by atoms with van der Waals surface area (Å²) in [5.74, 6) is -0.615. The Hall–Kier alpha value is -2.64. The molecule has 0 N–H and O–H groups in total. The van der Waals surface area contributed by atoms with E-state index in [0.717, 1.165) is 31.7 Å². The molecule has 1 fully saturated rings. The van der Waals surface area contributed by atoms with Crippen LogP contribution in [0.3, 0.4) is 0 Å². The summed E-state index contributed by atoms with van der Waals surface area (Å²) in [4.78, 5) is 37.5. The maximum absolute atomic E-state index is 13.1. The fraction of sp³-hybridized carbons (Fsp3) is 0.542. The van der Waals surface area contributed by atoms with Gasteiger partial charge in [-0.05, 0) is 43.9 Å². The van der Waals surface area contributed by atoms with E-state index in [1.54, 1.807) is 17.9 Å². The highest BCUT2D eigenvalue weighted by Gasteiger charge is 2.33. The van der Waals surface area contributed by atoms with Gasteiger partial charge in [-0.25, -0.2) is 0 Å². The van der Waals surface area contributed by atoms with Crippen LogP contribution in [-0.4, -0.2) is 41.8 Å². The Morgan fingerprint density at radius 2 is 1.88 bits per heavy atom. The molecule has 5 nitrogen and oxygen atoms in total. The van der Waals surface area contributed by atoms with Crippen molar-refractivity contribution in [1.29, 1.82) is 0 Å². The fourth-order valence-electron chi connectivity index (χ4n) is 3.80. The van der Waals surface area contributed by atoms with Gasteiger partial charge in [-0.2, -0.15) is 13.2 Å². The van der Waals surface area contributed by atoms with Crippen molar-refractivity contribution < 1.29 is 32.3 Å². The van der Waals surface area contributed by atoms with Crippen molar-refractivity contribution in [2.75, 3.05) is 13.2 Å². The number of carbonyl (C=O) groups excluding carboxylic acids is 3. The number of benzene rings is 1. The molecule has 8 heteroatoms. The van der Waals surface area contributed by atoms with Crippen molar-refractivity contribution >= 4 is 17.7 Å². The van der Waals surface area contributed by atoms with Crippen molar-refractivity contribution in [2.45, 2.75) is 70.5 Å². The molecule has 2 rings (SSSR count). The molecule has 1 saturated heterocycles. The van der Waals surface area contributed by atoms with Crippen LogP contribution >= 0.6 is 0 Å². The van der Waals surface area contributed by atoms with Gasteiger partial charge in [-0.3, -0.25) is 14.4 Å². The van der Waals surface area contributed by atoms with Crippen LogP contribution in [0.1, 0.15) is 63.0 Å². The summed E-state index contributed by atoms with van der Waals surface area (Å²) < 4.78 is 44.2. The average Bonchev–Trinajstić information content (AvgIpc) is 3.08. The summed E-state index contributed by atoms with van der Waals surface area (Å²) in [6.07, 6.45) is 2.70. The number of ether oxygens (including phenoxy) is 1. The first-order valence-electron chi connectivity index (χ1n) is 11.0. The summed E-state index contributed by atoms with van der Waals surface area (Å²) in [6, 6.07) is 4.83. The first-order chi connectivity index (χ1) is 15.2. The minimum atomic E-state index is -4.51. The molecule has 0 aromatic heterocycles. The third kappa shape index (κ3) is 8.13. The van der Waals surface area contributed by atoms with Crippen LogP contribution in [0.4, 0.5) is 13.2 Å². The van der Waals surface area contributed by atoms with Gasteiger partial charge in [0, 0.05) is 25.8 Å². The Morgan fingerprint density at radius 1 is 1.16 bits per heavy atom. The van der Waals surface area contributed by atoms with Crippen molar-refractivity contribution in [3.05, 3.63) is 47.5 Å². The number of amides is 1. The summed E-state index contributed by atoms with van der Waals surface area (Å²) in [7, 11) is 0. The SMILES string of the molecule is CCOC(=O)CCCCCCN1C(=O)CC[C@H]1/C=C/C(=O)Cc1ccccc1C(F)(F)F. The summed E-state index contributed by atoms with van der Waals surface area (Å²) in [5.41, 5.74) is -0.862. The van der Waals surface area contributed by atoms with E-state index in [1.165, 1.54) is 24.3 Å². The highest BCUT2D eigenvalue weighted by molar-refractivity contribution is 5.92. The molecule has 1 aliphatic heterocycles. The summed E-state index contributed by atoms with van der Waals surface area (Å²) >= 11 is 0. The van der Waals surface area contributed by atoms with Gasteiger partial charge in [0.2, 0.25) is 5.91 Å². The Morgan fingerprint density at radius 3 is 2.59 bits per heavy atom. The number of carbonyl (C=O) groups is 3.